The normalized spacial score (nSPS) is 12.6. The second-order valence-corrected chi connectivity index (χ2v) is 1.94. The van der Waals surface area contributed by atoms with Crippen molar-refractivity contribution in [2.24, 2.45) is 0 Å². The van der Waals surface area contributed by atoms with Gasteiger partial charge in [0.05, 0.1) is 5.57 Å². The minimum atomic E-state index is -1.03. The van der Waals surface area contributed by atoms with E-state index in [1.165, 1.54) is 0 Å². The summed E-state index contributed by atoms with van der Waals surface area (Å²) in [4.78, 5) is 10.3. The Kier molecular flexibility index (Phi) is 3.54. The Morgan fingerprint density at radius 2 is 1.70 bits per heavy atom. The van der Waals surface area contributed by atoms with E-state index in [0.717, 1.165) is 0 Å². The molecule has 0 aliphatic heterocycles. The average Bonchev–Trinajstić information content (AvgIpc) is 1.88. The molecule has 0 aromatic heterocycles. The van der Waals surface area contributed by atoms with Gasteiger partial charge in [0.2, 0.25) is 0 Å². The first-order valence-corrected chi connectivity index (χ1v) is 3.27. The van der Waals surface area contributed by atoms with Crippen LogP contribution in [0.3, 0.4) is 0 Å². The molecular weight excluding hydrogens is 132 g/mol. The average molecular weight is 144 g/mol. The van der Waals surface area contributed by atoms with Crippen LogP contribution in [0.25, 0.3) is 0 Å². The van der Waals surface area contributed by atoms with E-state index < -0.39 is 5.97 Å². The number of carboxylic acid groups (broad SMARTS) is 1. The molecule has 0 aliphatic carbocycles. The quantitative estimate of drug-likeness (QED) is 0.468. The number of allylic oxidation sites excluding steroid dienone is 1. The molecular formula is C7H12O3. The fourth-order valence-corrected chi connectivity index (χ4v) is 0.692. The van der Waals surface area contributed by atoms with Crippen LogP contribution >= 0.6 is 0 Å². The van der Waals surface area contributed by atoms with E-state index in [1.807, 2.05) is 0 Å². The van der Waals surface area contributed by atoms with Gasteiger partial charge in [0.15, 0.2) is 0 Å². The van der Waals surface area contributed by atoms with Gasteiger partial charge in [-0.3, -0.25) is 0 Å². The maximum absolute atomic E-state index is 10.3. The van der Waals surface area contributed by atoms with Crippen molar-refractivity contribution in [1.29, 1.82) is 0 Å². The molecule has 3 nitrogen and oxygen atoms in total. The van der Waals surface area contributed by atoms with Crippen molar-refractivity contribution < 1.29 is 15.0 Å². The Morgan fingerprint density at radius 3 is 1.80 bits per heavy atom. The lowest BCUT2D eigenvalue weighted by Crippen LogP contribution is -2.02. The molecule has 58 valence electrons. The van der Waals surface area contributed by atoms with Crippen LogP contribution in [0.2, 0.25) is 0 Å². The van der Waals surface area contributed by atoms with Crippen molar-refractivity contribution >= 4 is 5.97 Å². The number of hydrogen-bond acceptors (Lipinski definition) is 2. The van der Waals surface area contributed by atoms with E-state index in [0.29, 0.717) is 12.8 Å². The van der Waals surface area contributed by atoms with Crippen LogP contribution < -0.4 is 0 Å². The first kappa shape index (κ1) is 9.01. The number of aliphatic hydroxyl groups excluding tert-OH is 1. The molecule has 0 spiro atoms. The second kappa shape index (κ2) is 3.93. The summed E-state index contributed by atoms with van der Waals surface area (Å²) in [6.07, 6.45) is 0.754. The maximum atomic E-state index is 10.3. The van der Waals surface area contributed by atoms with E-state index in [2.05, 4.69) is 0 Å². The van der Waals surface area contributed by atoms with Gasteiger partial charge >= 0.3 is 5.97 Å². The summed E-state index contributed by atoms with van der Waals surface area (Å²) in [5.41, 5.74) is 0.113. The topological polar surface area (TPSA) is 57.5 Å². The minimum Gasteiger partial charge on any atom is -0.512 e. The third-order valence-corrected chi connectivity index (χ3v) is 1.29. The van der Waals surface area contributed by atoms with Gasteiger partial charge in [0.1, 0.15) is 5.76 Å². The Morgan fingerprint density at radius 1 is 1.20 bits per heavy atom. The van der Waals surface area contributed by atoms with Crippen LogP contribution in [0.4, 0.5) is 0 Å². The smallest absolute Gasteiger partial charge is 0.334 e. The molecule has 0 heterocycles. The molecule has 3 heteroatoms. The Balaban J connectivity index is 4.45. The summed E-state index contributed by atoms with van der Waals surface area (Å²) < 4.78 is 0. The zero-order chi connectivity index (χ0) is 8.15. The van der Waals surface area contributed by atoms with Crippen molar-refractivity contribution in [3.8, 4) is 0 Å². The monoisotopic (exact) mass is 144 g/mol. The lowest BCUT2D eigenvalue weighted by atomic mass is 10.1. The summed E-state index contributed by atoms with van der Waals surface area (Å²) in [7, 11) is 0. The maximum Gasteiger partial charge on any atom is 0.334 e. The molecule has 0 rings (SSSR count). The summed E-state index contributed by atoms with van der Waals surface area (Å²) in [5.74, 6) is -1.04. The number of carbonyl (C=O) groups is 1. The summed E-state index contributed by atoms with van der Waals surface area (Å²) in [6.45, 7) is 3.42. The molecule has 0 radical (unpaired) electrons. The van der Waals surface area contributed by atoms with E-state index in [1.54, 1.807) is 13.8 Å². The van der Waals surface area contributed by atoms with Crippen LogP contribution in [0.15, 0.2) is 11.3 Å². The Labute approximate surface area is 60.0 Å². The van der Waals surface area contributed by atoms with Gasteiger partial charge in [-0.25, -0.2) is 4.79 Å². The first-order valence-electron chi connectivity index (χ1n) is 3.27. The molecule has 0 fully saturated rings. The summed E-state index contributed by atoms with van der Waals surface area (Å²) in [6, 6.07) is 0. The molecule has 0 unspecified atom stereocenters. The largest absolute Gasteiger partial charge is 0.512 e. The van der Waals surface area contributed by atoms with Gasteiger partial charge in [-0.2, -0.15) is 0 Å². The van der Waals surface area contributed by atoms with Gasteiger partial charge in [0, 0.05) is 6.42 Å². The molecule has 0 atom stereocenters. The van der Waals surface area contributed by atoms with E-state index in [-0.39, 0.29) is 11.3 Å². The molecule has 0 saturated carbocycles. The molecule has 2 N–H and O–H groups in total. The Hall–Kier alpha value is -0.990. The van der Waals surface area contributed by atoms with E-state index >= 15 is 0 Å². The number of rotatable bonds is 3. The van der Waals surface area contributed by atoms with E-state index in [4.69, 9.17) is 10.2 Å². The van der Waals surface area contributed by atoms with Crippen LogP contribution in [0.1, 0.15) is 26.7 Å². The van der Waals surface area contributed by atoms with Crippen LogP contribution in [0.5, 0.6) is 0 Å². The summed E-state index contributed by atoms with van der Waals surface area (Å²) in [5, 5.41) is 17.4. The van der Waals surface area contributed by atoms with Crippen molar-refractivity contribution in [2.45, 2.75) is 26.7 Å². The number of carboxylic acids is 1. The molecule has 0 bridgehead atoms. The zero-order valence-corrected chi connectivity index (χ0v) is 6.22. The SMILES string of the molecule is CC/C(O)=C(\CC)C(=O)O. The molecule has 0 saturated heterocycles. The summed E-state index contributed by atoms with van der Waals surface area (Å²) >= 11 is 0. The highest BCUT2D eigenvalue weighted by atomic mass is 16.4. The molecule has 0 amide bonds. The zero-order valence-electron chi connectivity index (χ0n) is 6.22. The highest BCUT2D eigenvalue weighted by Gasteiger charge is 2.08. The fourth-order valence-electron chi connectivity index (χ4n) is 0.692. The third kappa shape index (κ3) is 2.09. The van der Waals surface area contributed by atoms with Crippen LogP contribution in [-0.2, 0) is 4.79 Å². The second-order valence-electron chi connectivity index (χ2n) is 1.94. The number of aliphatic hydroxyl groups is 1. The molecule has 0 aliphatic rings. The molecule has 10 heavy (non-hydrogen) atoms. The standard InChI is InChI=1S/C7H12O3/c1-3-5(7(9)10)6(8)4-2/h8H,3-4H2,1-2H3,(H,9,10)/b6-5-. The lowest BCUT2D eigenvalue weighted by molar-refractivity contribution is -0.133. The van der Waals surface area contributed by atoms with E-state index in [9.17, 15) is 4.79 Å². The highest BCUT2D eigenvalue weighted by Crippen LogP contribution is 2.08. The van der Waals surface area contributed by atoms with Crippen LogP contribution in [-0.4, -0.2) is 16.2 Å². The predicted octanol–water partition coefficient (Wildman–Crippen LogP) is 1.70. The van der Waals surface area contributed by atoms with Gasteiger partial charge in [-0.15, -0.1) is 0 Å². The van der Waals surface area contributed by atoms with Crippen molar-refractivity contribution in [3.05, 3.63) is 11.3 Å². The molecule has 0 aromatic rings. The number of aliphatic carboxylic acids is 1. The Bertz CT molecular complexity index is 158. The van der Waals surface area contributed by atoms with Crippen LogP contribution in [0, 0.1) is 0 Å². The fraction of sp³-hybridized carbons (Fsp3) is 0.571. The van der Waals surface area contributed by atoms with Crippen molar-refractivity contribution in [3.63, 3.8) is 0 Å². The van der Waals surface area contributed by atoms with Gasteiger partial charge in [-0.05, 0) is 6.42 Å². The lowest BCUT2D eigenvalue weighted by Gasteiger charge is -2.00. The molecule has 0 aromatic carbocycles. The minimum absolute atomic E-state index is 0.0185. The van der Waals surface area contributed by atoms with Gasteiger partial charge in [0.25, 0.3) is 0 Å². The van der Waals surface area contributed by atoms with Crippen molar-refractivity contribution in [1.82, 2.24) is 0 Å². The highest BCUT2D eigenvalue weighted by molar-refractivity contribution is 5.86. The predicted molar refractivity (Wildman–Crippen MR) is 37.9 cm³/mol. The third-order valence-electron chi connectivity index (χ3n) is 1.29. The first-order chi connectivity index (χ1) is 4.63. The van der Waals surface area contributed by atoms with Gasteiger partial charge < -0.3 is 10.2 Å². The number of hydrogen-bond donors (Lipinski definition) is 2. The van der Waals surface area contributed by atoms with Crippen molar-refractivity contribution in [2.75, 3.05) is 0 Å². The van der Waals surface area contributed by atoms with Gasteiger partial charge in [-0.1, -0.05) is 13.8 Å².